The minimum atomic E-state index is -0.663. The number of hydrogen-bond acceptors (Lipinski definition) is 7. The van der Waals surface area contributed by atoms with E-state index in [1.54, 1.807) is 24.3 Å². The van der Waals surface area contributed by atoms with Crippen LogP contribution >= 0.6 is 0 Å². The number of ketones is 2. The maximum atomic E-state index is 13.4. The van der Waals surface area contributed by atoms with Gasteiger partial charge in [0, 0.05) is 17.0 Å². The standard InChI is InChI=1S/C24H18N2O5/c1-12(8-13-6-7-17-18(9-13)30-11-29-17)19-16(10-25)24(26)31-23-20(19)21(27)14-4-2-3-5-15(14)22(23)28/h2-7,9,12,19H,8,11,26H2,1H3. The molecule has 2 atom stereocenters. The number of ether oxygens (including phenoxy) is 3. The maximum Gasteiger partial charge on any atom is 0.231 e. The van der Waals surface area contributed by atoms with Gasteiger partial charge in [-0.05, 0) is 30.0 Å². The average Bonchev–Trinajstić information content (AvgIpc) is 3.24. The smallest absolute Gasteiger partial charge is 0.231 e. The van der Waals surface area contributed by atoms with Gasteiger partial charge in [0.1, 0.15) is 6.07 Å². The predicted octanol–water partition coefficient (Wildman–Crippen LogP) is 3.27. The molecule has 2 aromatic rings. The third-order valence-electron chi connectivity index (χ3n) is 5.90. The molecule has 5 rings (SSSR count). The molecule has 154 valence electrons. The van der Waals surface area contributed by atoms with Gasteiger partial charge in [-0.25, -0.2) is 0 Å². The molecule has 2 N–H and O–H groups in total. The van der Waals surface area contributed by atoms with Crippen LogP contribution in [0.3, 0.4) is 0 Å². The lowest BCUT2D eigenvalue weighted by atomic mass is 9.72. The number of allylic oxidation sites excluding steroid dienone is 3. The van der Waals surface area contributed by atoms with Crippen molar-refractivity contribution in [1.29, 1.82) is 5.26 Å². The summed E-state index contributed by atoms with van der Waals surface area (Å²) in [6, 6.07) is 14.3. The van der Waals surface area contributed by atoms with Gasteiger partial charge in [0.15, 0.2) is 23.0 Å². The summed E-state index contributed by atoms with van der Waals surface area (Å²) in [7, 11) is 0. The summed E-state index contributed by atoms with van der Waals surface area (Å²) < 4.78 is 16.3. The van der Waals surface area contributed by atoms with Crippen molar-refractivity contribution in [3.63, 3.8) is 0 Å². The molecule has 0 aromatic heterocycles. The van der Waals surface area contributed by atoms with Gasteiger partial charge in [0.05, 0.1) is 11.1 Å². The number of rotatable bonds is 3. The Bertz CT molecular complexity index is 1250. The molecule has 0 fully saturated rings. The predicted molar refractivity (Wildman–Crippen MR) is 109 cm³/mol. The summed E-state index contributed by atoms with van der Waals surface area (Å²) >= 11 is 0. The molecule has 0 radical (unpaired) electrons. The Labute approximate surface area is 178 Å². The van der Waals surface area contributed by atoms with E-state index in [1.807, 2.05) is 25.1 Å². The highest BCUT2D eigenvalue weighted by molar-refractivity contribution is 6.26. The quantitative estimate of drug-likeness (QED) is 0.820. The summed E-state index contributed by atoms with van der Waals surface area (Å²) in [4.78, 5) is 26.5. The summed E-state index contributed by atoms with van der Waals surface area (Å²) in [5.74, 6) is -0.470. The Kier molecular flexibility index (Phi) is 4.29. The summed E-state index contributed by atoms with van der Waals surface area (Å²) in [6.45, 7) is 2.10. The molecule has 1 aliphatic carbocycles. The summed E-state index contributed by atoms with van der Waals surface area (Å²) in [5.41, 5.74) is 7.92. The van der Waals surface area contributed by atoms with E-state index >= 15 is 0 Å². The van der Waals surface area contributed by atoms with Gasteiger partial charge in [-0.1, -0.05) is 37.3 Å². The van der Waals surface area contributed by atoms with Gasteiger partial charge >= 0.3 is 0 Å². The Hall–Kier alpha value is -4.05. The van der Waals surface area contributed by atoms with Crippen molar-refractivity contribution in [2.45, 2.75) is 13.3 Å². The number of nitrogens with zero attached hydrogens (tertiary/aromatic N) is 1. The molecule has 2 heterocycles. The first-order chi connectivity index (χ1) is 15.0. The average molecular weight is 414 g/mol. The van der Waals surface area contributed by atoms with E-state index in [2.05, 4.69) is 6.07 Å². The highest BCUT2D eigenvalue weighted by atomic mass is 16.7. The highest BCUT2D eigenvalue weighted by Gasteiger charge is 2.44. The van der Waals surface area contributed by atoms with Crippen molar-refractivity contribution < 1.29 is 23.8 Å². The monoisotopic (exact) mass is 414 g/mol. The number of Topliss-reactive ketones (excluding diaryl/α,β-unsaturated/α-hetero) is 2. The van der Waals surface area contributed by atoms with E-state index in [9.17, 15) is 14.9 Å². The van der Waals surface area contributed by atoms with Crippen LogP contribution in [0.5, 0.6) is 11.5 Å². The molecule has 0 spiro atoms. The van der Waals surface area contributed by atoms with Gasteiger partial charge in [-0.2, -0.15) is 5.26 Å². The van der Waals surface area contributed by atoms with Crippen LogP contribution in [-0.4, -0.2) is 18.4 Å². The third-order valence-corrected chi connectivity index (χ3v) is 5.90. The molecule has 2 aliphatic heterocycles. The van der Waals surface area contributed by atoms with Crippen LogP contribution in [0.4, 0.5) is 0 Å². The lowest BCUT2D eigenvalue weighted by Gasteiger charge is -2.33. The molecule has 7 heteroatoms. The number of benzene rings is 2. The van der Waals surface area contributed by atoms with E-state index < -0.39 is 11.7 Å². The number of nitriles is 1. The fraction of sp³-hybridized carbons (Fsp3) is 0.208. The Balaban J connectivity index is 1.56. The minimum Gasteiger partial charge on any atom is -0.454 e. The number of carbonyl (C=O) groups is 2. The molecule has 7 nitrogen and oxygen atoms in total. The van der Waals surface area contributed by atoms with Crippen LogP contribution < -0.4 is 15.2 Å². The molecule has 2 unspecified atom stereocenters. The lowest BCUT2D eigenvalue weighted by Crippen LogP contribution is -2.36. The number of hydrogen-bond donors (Lipinski definition) is 1. The normalized spacial score (nSPS) is 20.1. The van der Waals surface area contributed by atoms with Crippen LogP contribution in [0.2, 0.25) is 0 Å². The second-order valence-corrected chi connectivity index (χ2v) is 7.79. The van der Waals surface area contributed by atoms with Crippen LogP contribution in [0, 0.1) is 23.2 Å². The second-order valence-electron chi connectivity index (χ2n) is 7.79. The molecular formula is C24H18N2O5. The summed E-state index contributed by atoms with van der Waals surface area (Å²) in [6.07, 6.45) is 0.527. The van der Waals surface area contributed by atoms with E-state index in [0.29, 0.717) is 23.5 Å². The zero-order valence-electron chi connectivity index (χ0n) is 16.7. The Morgan fingerprint density at radius 2 is 1.81 bits per heavy atom. The SMILES string of the molecule is CC(Cc1ccc2c(c1)OCO2)C1C(C#N)=C(N)OC2=C1C(=O)c1ccccc1C2=O. The van der Waals surface area contributed by atoms with Crippen LogP contribution in [0.25, 0.3) is 0 Å². The van der Waals surface area contributed by atoms with Gasteiger partial charge < -0.3 is 19.9 Å². The number of nitrogens with two attached hydrogens (primary N) is 1. The van der Waals surface area contributed by atoms with E-state index in [4.69, 9.17) is 19.9 Å². The minimum absolute atomic E-state index is 0.0808. The first-order valence-corrected chi connectivity index (χ1v) is 9.88. The topological polar surface area (TPSA) is 112 Å². The number of fused-ring (bicyclic) bond motifs is 2. The Morgan fingerprint density at radius 1 is 1.10 bits per heavy atom. The first-order valence-electron chi connectivity index (χ1n) is 9.88. The van der Waals surface area contributed by atoms with Crippen molar-refractivity contribution in [2.24, 2.45) is 17.6 Å². The number of carbonyl (C=O) groups excluding carboxylic acids is 2. The molecular weight excluding hydrogens is 396 g/mol. The molecule has 0 bridgehead atoms. The van der Waals surface area contributed by atoms with Gasteiger partial charge in [0.2, 0.25) is 18.5 Å². The van der Waals surface area contributed by atoms with E-state index in [-0.39, 0.29) is 46.8 Å². The van der Waals surface area contributed by atoms with Crippen molar-refractivity contribution in [2.75, 3.05) is 6.79 Å². The molecule has 0 saturated carbocycles. The van der Waals surface area contributed by atoms with Crippen LogP contribution in [-0.2, 0) is 11.2 Å². The van der Waals surface area contributed by atoms with E-state index in [1.165, 1.54) is 0 Å². The highest BCUT2D eigenvalue weighted by Crippen LogP contribution is 2.43. The molecule has 3 aliphatic rings. The van der Waals surface area contributed by atoms with Crippen LogP contribution in [0.1, 0.15) is 33.2 Å². The molecule has 2 aromatic carbocycles. The largest absolute Gasteiger partial charge is 0.454 e. The van der Waals surface area contributed by atoms with Gasteiger partial charge in [-0.15, -0.1) is 0 Å². The lowest BCUT2D eigenvalue weighted by molar-refractivity contribution is 0.0883. The zero-order chi connectivity index (χ0) is 21.7. The zero-order valence-corrected chi connectivity index (χ0v) is 16.7. The van der Waals surface area contributed by atoms with Gasteiger partial charge in [-0.3, -0.25) is 9.59 Å². The Morgan fingerprint density at radius 3 is 2.55 bits per heavy atom. The van der Waals surface area contributed by atoms with Gasteiger partial charge in [0.25, 0.3) is 0 Å². The fourth-order valence-electron chi connectivity index (χ4n) is 4.47. The van der Waals surface area contributed by atoms with E-state index in [0.717, 1.165) is 5.56 Å². The third kappa shape index (κ3) is 2.88. The van der Waals surface area contributed by atoms with Crippen molar-refractivity contribution in [3.05, 3.63) is 81.9 Å². The van der Waals surface area contributed by atoms with Crippen molar-refractivity contribution in [3.8, 4) is 17.6 Å². The van der Waals surface area contributed by atoms with Crippen LogP contribution in [0.15, 0.2) is 65.3 Å². The molecule has 31 heavy (non-hydrogen) atoms. The van der Waals surface area contributed by atoms with Crippen molar-refractivity contribution >= 4 is 11.6 Å². The fourth-order valence-corrected chi connectivity index (χ4v) is 4.47. The second kappa shape index (κ2) is 7.03. The first kappa shape index (κ1) is 18.9. The van der Waals surface area contributed by atoms with Crippen molar-refractivity contribution in [1.82, 2.24) is 0 Å². The molecule has 0 amide bonds. The maximum absolute atomic E-state index is 13.4. The summed E-state index contributed by atoms with van der Waals surface area (Å²) in [5, 5.41) is 9.79. The molecule has 0 saturated heterocycles.